The fourth-order valence-corrected chi connectivity index (χ4v) is 8.71. The van der Waals surface area contributed by atoms with Crippen molar-refractivity contribution in [3.63, 3.8) is 0 Å². The summed E-state index contributed by atoms with van der Waals surface area (Å²) in [5.41, 5.74) is 0.270. The third-order valence-electron chi connectivity index (χ3n) is 8.94. The summed E-state index contributed by atoms with van der Waals surface area (Å²) < 4.78 is 64.6. The number of carbonyl (C=O) groups excluding carboxylic acids is 8. The first-order valence-electron chi connectivity index (χ1n) is 18.8. The average Bonchev–Trinajstić information content (AvgIpc) is 3.52. The molecule has 0 spiro atoms. The van der Waals surface area contributed by atoms with Gasteiger partial charge in [-0.05, 0) is 0 Å². The molecule has 1 aromatic heterocycles. The molecule has 21 nitrogen and oxygen atoms in total. The van der Waals surface area contributed by atoms with Crippen molar-refractivity contribution in [3.8, 4) is 5.69 Å². The zero-order chi connectivity index (χ0) is 45.4. The zero-order valence-electron chi connectivity index (χ0n) is 34.3. The number of fused-ring (bicyclic) bond motifs is 1. The van der Waals surface area contributed by atoms with Gasteiger partial charge in [-0.15, -0.1) is 0 Å². The van der Waals surface area contributed by atoms with E-state index < -0.39 is 122 Å². The number of rotatable bonds is 14. The van der Waals surface area contributed by atoms with Gasteiger partial charge in [-0.1, -0.05) is 0 Å². The number of hydrogen-bond acceptors (Lipinski definition) is 20. The van der Waals surface area contributed by atoms with Gasteiger partial charge in [-0.25, -0.2) is 0 Å². The van der Waals surface area contributed by atoms with Crippen LogP contribution in [0.2, 0.25) is 0 Å². The molecule has 3 aromatic rings. The Kier molecular flexibility index (Phi) is 15.8. The molecule has 334 valence electrons. The summed E-state index contributed by atoms with van der Waals surface area (Å²) in [5, 5.41) is 0.573. The van der Waals surface area contributed by atoms with Crippen LogP contribution in [0.1, 0.15) is 58.8 Å². The molecule has 0 aliphatic carbocycles. The number of esters is 8. The van der Waals surface area contributed by atoms with E-state index in [-0.39, 0.29) is 25.9 Å². The standard InChI is InChI=1S/C40H43NO20Se/c1-18(42)51-16-28-31(53-20(3)44)33(54-21(4)45)35(56-23(6)47)39(58-28)60-32-29(17-52-19(2)43)59-40(36(57-24(7)48)34(32)55-22(5)46)61-38(50)25-12-14-26(15-13-25)41-37(49)27-10-8-9-11-30(27)62-41/h8-15,28-29,31-36,39-40H,16-17H2,1-7H3/t28-,29-,31+,32-,33+,34+,35-,36-,39+,40+/m1/s1. The first-order valence-corrected chi connectivity index (χ1v) is 20.5. The third kappa shape index (κ3) is 11.9. The van der Waals surface area contributed by atoms with Crippen LogP contribution in [0, 0.1) is 0 Å². The normalized spacial score (nSPS) is 25.7. The molecule has 0 saturated carbocycles. The Balaban J connectivity index is 1.52. The average molecular weight is 937 g/mol. The van der Waals surface area contributed by atoms with Crippen LogP contribution in [0.25, 0.3) is 15.3 Å². The van der Waals surface area contributed by atoms with Gasteiger partial charge in [0.15, 0.2) is 24.6 Å². The number of hydrogen-bond donors (Lipinski definition) is 0. The second-order valence-electron chi connectivity index (χ2n) is 13.8. The van der Waals surface area contributed by atoms with Crippen LogP contribution >= 0.6 is 0 Å². The summed E-state index contributed by atoms with van der Waals surface area (Å²) in [4.78, 5) is 113. The number of ether oxygens (including phenoxy) is 11. The molecular weight excluding hydrogens is 893 g/mol. The van der Waals surface area contributed by atoms with Crippen LogP contribution in [-0.2, 0) is 85.7 Å². The molecule has 10 atom stereocenters. The summed E-state index contributed by atoms with van der Waals surface area (Å²) >= 11 is -0.361. The molecular formula is C40H43NO20Se. The molecule has 0 unspecified atom stereocenters. The van der Waals surface area contributed by atoms with Crippen LogP contribution < -0.4 is 5.56 Å². The minimum Gasteiger partial charge on any atom is -0.455 e. The fraction of sp³-hybridized carbons (Fsp3) is 0.475. The van der Waals surface area contributed by atoms with Gasteiger partial charge in [0.1, 0.15) is 12.7 Å². The van der Waals surface area contributed by atoms with Gasteiger partial charge in [-0.2, -0.15) is 0 Å². The van der Waals surface area contributed by atoms with Crippen LogP contribution in [0.5, 0.6) is 0 Å². The monoisotopic (exact) mass is 937 g/mol. The molecule has 2 aromatic carbocycles. The van der Waals surface area contributed by atoms with E-state index in [9.17, 15) is 43.2 Å². The summed E-state index contributed by atoms with van der Waals surface area (Å²) in [6.45, 7) is 5.88. The van der Waals surface area contributed by atoms with Gasteiger partial charge < -0.3 is 23.7 Å². The zero-order valence-corrected chi connectivity index (χ0v) is 36.0. The van der Waals surface area contributed by atoms with E-state index in [0.717, 1.165) is 52.7 Å². The number of carbonyl (C=O) groups is 8. The first-order chi connectivity index (χ1) is 29.3. The second-order valence-corrected chi connectivity index (χ2v) is 15.9. The predicted octanol–water partition coefficient (Wildman–Crippen LogP) is 0.824. The van der Waals surface area contributed by atoms with Crippen molar-refractivity contribution in [3.05, 3.63) is 64.4 Å². The van der Waals surface area contributed by atoms with Crippen molar-refractivity contribution in [2.45, 2.75) is 110 Å². The van der Waals surface area contributed by atoms with Crippen molar-refractivity contribution in [2.75, 3.05) is 13.2 Å². The molecule has 62 heavy (non-hydrogen) atoms. The Labute approximate surface area is 358 Å². The van der Waals surface area contributed by atoms with E-state index in [0.29, 0.717) is 11.1 Å². The van der Waals surface area contributed by atoms with Gasteiger partial charge in [0.25, 0.3) is 0 Å². The maximum atomic E-state index is 13.7. The van der Waals surface area contributed by atoms with E-state index in [4.69, 9.17) is 52.1 Å². The Morgan fingerprint density at radius 3 is 1.50 bits per heavy atom. The minimum absolute atomic E-state index is 0.0352. The third-order valence-corrected chi connectivity index (χ3v) is 11.3. The fourth-order valence-electron chi connectivity index (χ4n) is 6.62. The van der Waals surface area contributed by atoms with Gasteiger partial charge in [-0.3, -0.25) is 28.8 Å². The van der Waals surface area contributed by atoms with Gasteiger partial charge >= 0.3 is 228 Å². The van der Waals surface area contributed by atoms with E-state index >= 15 is 0 Å². The van der Waals surface area contributed by atoms with Gasteiger partial charge in [0.2, 0.25) is 0 Å². The molecule has 2 fully saturated rings. The Bertz CT molecular complexity index is 2230. The van der Waals surface area contributed by atoms with E-state index in [1.54, 1.807) is 15.7 Å². The molecule has 3 heterocycles. The van der Waals surface area contributed by atoms with Crippen LogP contribution in [0.4, 0.5) is 0 Å². The smallest absolute Gasteiger partial charge is 0.455 e. The predicted molar refractivity (Wildman–Crippen MR) is 205 cm³/mol. The summed E-state index contributed by atoms with van der Waals surface area (Å²) in [5.74, 6) is -7.37. The minimum atomic E-state index is -1.89. The van der Waals surface area contributed by atoms with Crippen molar-refractivity contribution in [1.82, 2.24) is 3.56 Å². The Morgan fingerprint density at radius 1 is 0.532 bits per heavy atom. The van der Waals surface area contributed by atoms with Crippen molar-refractivity contribution < 1.29 is 90.5 Å². The molecule has 0 radical (unpaired) electrons. The van der Waals surface area contributed by atoms with Crippen LogP contribution in [-0.4, -0.2) is 141 Å². The van der Waals surface area contributed by atoms with Gasteiger partial charge in [0.05, 0.1) is 0 Å². The van der Waals surface area contributed by atoms with E-state index in [1.807, 2.05) is 12.1 Å². The Morgan fingerprint density at radius 2 is 0.984 bits per heavy atom. The number of aromatic nitrogens is 1. The van der Waals surface area contributed by atoms with Crippen LogP contribution in [0.15, 0.2) is 53.3 Å². The maximum absolute atomic E-state index is 13.7. The molecule has 0 amide bonds. The van der Waals surface area contributed by atoms with Gasteiger partial charge in [0, 0.05) is 41.5 Å². The topological polar surface area (TPSA) is 260 Å². The molecule has 2 saturated heterocycles. The van der Waals surface area contributed by atoms with Crippen molar-refractivity contribution >= 4 is 72.1 Å². The number of benzene rings is 2. The quantitative estimate of drug-likeness (QED) is 0.123. The van der Waals surface area contributed by atoms with Crippen LogP contribution in [0.3, 0.4) is 0 Å². The SMILES string of the molecule is CC(=O)OC[C@H]1O[C@@H](O[C@H]2[C@H](OC(C)=O)[C@@H](OC(C)=O)[C@H](OC(=O)c3ccc(-n4[se]c5ccccc5c4=O)cc3)O[C@@H]2COC(C)=O)[C@H](OC(C)=O)[C@@H](OC(C)=O)[C@H]1OC(C)=O. The molecule has 0 bridgehead atoms. The van der Waals surface area contributed by atoms with E-state index in [2.05, 4.69) is 0 Å². The molecule has 2 aliphatic heterocycles. The molecule has 2 aliphatic rings. The summed E-state index contributed by atoms with van der Waals surface area (Å²) in [6, 6.07) is 13.0. The molecule has 5 rings (SSSR count). The second kappa shape index (κ2) is 20.8. The summed E-state index contributed by atoms with van der Waals surface area (Å²) in [7, 11) is 0. The van der Waals surface area contributed by atoms with E-state index in [1.165, 1.54) is 24.3 Å². The number of nitrogens with zero attached hydrogens (tertiary/aromatic N) is 1. The molecule has 0 N–H and O–H groups in total. The first kappa shape index (κ1) is 47.1. The van der Waals surface area contributed by atoms with Crippen molar-refractivity contribution in [2.24, 2.45) is 0 Å². The summed E-state index contributed by atoms with van der Waals surface area (Å²) in [6.07, 6.45) is -17.2. The molecule has 22 heteroatoms. The van der Waals surface area contributed by atoms with Crippen molar-refractivity contribution in [1.29, 1.82) is 0 Å². The Hall–Kier alpha value is -5.93.